The van der Waals surface area contributed by atoms with E-state index in [0.29, 0.717) is 37.1 Å². The number of fused-ring (bicyclic) bond motifs is 1. The number of methoxy groups -OCH3 is 1. The molecule has 6 nitrogen and oxygen atoms in total. The molecule has 0 spiro atoms. The molecule has 3 aromatic rings. The summed E-state index contributed by atoms with van der Waals surface area (Å²) in [4.78, 5) is 12.3. The fraction of sp³-hybridized carbons (Fsp3) is 0.217. The van der Waals surface area contributed by atoms with Gasteiger partial charge in [0, 0.05) is 36.3 Å². The van der Waals surface area contributed by atoms with Crippen molar-refractivity contribution in [1.82, 2.24) is 9.88 Å². The fourth-order valence-electron chi connectivity index (χ4n) is 3.06. The highest BCUT2D eigenvalue weighted by atomic mass is 35.5. The third-order valence-electron chi connectivity index (χ3n) is 4.50. The molecule has 0 aliphatic rings. The van der Waals surface area contributed by atoms with E-state index in [1.165, 1.54) is 0 Å². The van der Waals surface area contributed by atoms with E-state index in [1.54, 1.807) is 19.3 Å². The Morgan fingerprint density at radius 1 is 1.20 bits per heavy atom. The Balaban J connectivity index is 1.80. The number of halogens is 1. The molecular weight excluding hydrogens is 402 g/mol. The molecule has 7 heteroatoms. The van der Waals surface area contributed by atoms with E-state index >= 15 is 0 Å². The molecule has 0 saturated carbocycles. The van der Waals surface area contributed by atoms with E-state index in [2.05, 4.69) is 5.32 Å². The lowest BCUT2D eigenvalue weighted by Gasteiger charge is -2.09. The quantitative estimate of drug-likeness (QED) is 0.320. The molecule has 30 heavy (non-hydrogen) atoms. The lowest BCUT2D eigenvalue weighted by molar-refractivity contribution is -0.117. The number of carbonyl (C=O) groups excluding carboxylic acids is 1. The number of hydrogen-bond acceptors (Lipinski definition) is 4. The lowest BCUT2D eigenvalue weighted by atomic mass is 10.1. The highest BCUT2D eigenvalue weighted by Crippen LogP contribution is 2.25. The molecule has 1 amide bonds. The van der Waals surface area contributed by atoms with Gasteiger partial charge in [-0.25, -0.2) is 0 Å². The van der Waals surface area contributed by atoms with Crippen molar-refractivity contribution in [3.8, 4) is 11.8 Å². The van der Waals surface area contributed by atoms with Gasteiger partial charge in [-0.3, -0.25) is 4.79 Å². The largest absolute Gasteiger partial charge is 0.490 e. The first-order valence-corrected chi connectivity index (χ1v) is 9.86. The molecule has 0 saturated heterocycles. The number of benzene rings is 2. The van der Waals surface area contributed by atoms with Crippen LogP contribution in [0.1, 0.15) is 5.56 Å². The first kappa shape index (κ1) is 21.4. The van der Waals surface area contributed by atoms with Gasteiger partial charge in [0.2, 0.25) is 0 Å². The third kappa shape index (κ3) is 5.20. The lowest BCUT2D eigenvalue weighted by Crippen LogP contribution is -2.27. The molecule has 0 atom stereocenters. The van der Waals surface area contributed by atoms with Crippen LogP contribution in [0.3, 0.4) is 0 Å². The summed E-state index contributed by atoms with van der Waals surface area (Å²) in [6.45, 7) is 1.74. The molecular formula is C23H22ClN3O3. The second-order valence-corrected chi connectivity index (χ2v) is 6.90. The first-order valence-electron chi connectivity index (χ1n) is 9.48. The monoisotopic (exact) mass is 423 g/mol. The van der Waals surface area contributed by atoms with Crippen molar-refractivity contribution in [1.29, 1.82) is 5.26 Å². The summed E-state index contributed by atoms with van der Waals surface area (Å²) in [7, 11) is 1.55. The van der Waals surface area contributed by atoms with Crippen LogP contribution in [0.15, 0.2) is 60.3 Å². The molecule has 154 valence electrons. The number of nitriles is 1. The maximum absolute atomic E-state index is 12.3. The van der Waals surface area contributed by atoms with Gasteiger partial charge in [-0.15, -0.1) is 0 Å². The number of nitrogens with one attached hydrogen (secondary N) is 1. The van der Waals surface area contributed by atoms with Gasteiger partial charge in [0.1, 0.15) is 24.0 Å². The molecule has 3 rings (SSSR count). The second-order valence-electron chi connectivity index (χ2n) is 6.49. The Labute approximate surface area is 180 Å². The minimum Gasteiger partial charge on any atom is -0.490 e. The smallest absolute Gasteiger partial charge is 0.262 e. The summed E-state index contributed by atoms with van der Waals surface area (Å²) in [5.74, 6) is 0.212. The van der Waals surface area contributed by atoms with Gasteiger partial charge in [-0.2, -0.15) is 5.26 Å². The number of ether oxygens (including phenoxy) is 2. The summed E-state index contributed by atoms with van der Waals surface area (Å²) in [6, 6.07) is 17.1. The predicted octanol–water partition coefficient (Wildman–Crippen LogP) is 4.04. The molecule has 0 radical (unpaired) electrons. The molecule has 1 heterocycles. The summed E-state index contributed by atoms with van der Waals surface area (Å²) >= 11 is 6.14. The van der Waals surface area contributed by atoms with Gasteiger partial charge in [0.05, 0.1) is 18.2 Å². The van der Waals surface area contributed by atoms with E-state index in [9.17, 15) is 10.1 Å². The van der Waals surface area contributed by atoms with Crippen molar-refractivity contribution in [2.75, 3.05) is 26.9 Å². The molecule has 0 aliphatic carbocycles. The number of carbonyl (C=O) groups is 1. The van der Waals surface area contributed by atoms with E-state index < -0.39 is 5.91 Å². The highest BCUT2D eigenvalue weighted by molar-refractivity contribution is 6.32. The van der Waals surface area contributed by atoms with Crippen LogP contribution >= 0.6 is 11.6 Å². The molecule has 0 unspecified atom stereocenters. The average Bonchev–Trinajstić information content (AvgIpc) is 3.11. The summed E-state index contributed by atoms with van der Waals surface area (Å²) in [6.07, 6.45) is 3.52. The maximum Gasteiger partial charge on any atom is 0.262 e. The van der Waals surface area contributed by atoms with Crippen LogP contribution in [0.2, 0.25) is 5.02 Å². The zero-order chi connectivity index (χ0) is 21.3. The van der Waals surface area contributed by atoms with Crippen molar-refractivity contribution in [2.24, 2.45) is 0 Å². The predicted molar refractivity (Wildman–Crippen MR) is 117 cm³/mol. The standard InChI is InChI=1S/C23H22ClN3O3/c1-29-12-10-26-23(28)17(15-25)14-18-16-27(21-8-4-2-6-19(18)21)11-13-30-22-9-5-3-7-20(22)24/h2-9,14,16H,10-13H2,1H3,(H,26,28)/b17-14+. The Hall–Kier alpha value is -3.27. The first-order chi connectivity index (χ1) is 14.6. The molecule has 0 bridgehead atoms. The Morgan fingerprint density at radius 2 is 1.97 bits per heavy atom. The molecule has 0 aliphatic heterocycles. The number of aromatic nitrogens is 1. The van der Waals surface area contributed by atoms with Crippen molar-refractivity contribution >= 4 is 34.5 Å². The minimum atomic E-state index is -0.423. The summed E-state index contributed by atoms with van der Waals surface area (Å²) in [5, 5.41) is 13.6. The van der Waals surface area contributed by atoms with Gasteiger partial charge in [0.25, 0.3) is 5.91 Å². The van der Waals surface area contributed by atoms with Gasteiger partial charge < -0.3 is 19.4 Å². The number of amides is 1. The minimum absolute atomic E-state index is 0.0429. The van der Waals surface area contributed by atoms with Gasteiger partial charge in [-0.1, -0.05) is 41.9 Å². The summed E-state index contributed by atoms with van der Waals surface area (Å²) in [5.41, 5.74) is 1.83. The van der Waals surface area contributed by atoms with Crippen LogP contribution < -0.4 is 10.1 Å². The van der Waals surface area contributed by atoms with Crippen LogP contribution in [0, 0.1) is 11.3 Å². The van der Waals surface area contributed by atoms with Crippen molar-refractivity contribution < 1.29 is 14.3 Å². The van der Waals surface area contributed by atoms with Gasteiger partial charge in [0.15, 0.2) is 0 Å². The zero-order valence-corrected chi connectivity index (χ0v) is 17.4. The van der Waals surface area contributed by atoms with Crippen LogP contribution in [-0.4, -0.2) is 37.3 Å². The number of nitrogens with zero attached hydrogens (tertiary/aromatic N) is 2. The number of hydrogen-bond donors (Lipinski definition) is 1. The zero-order valence-electron chi connectivity index (χ0n) is 16.6. The van der Waals surface area contributed by atoms with Crippen LogP contribution in [-0.2, 0) is 16.1 Å². The maximum atomic E-state index is 12.3. The Morgan fingerprint density at radius 3 is 2.73 bits per heavy atom. The van der Waals surface area contributed by atoms with E-state index in [-0.39, 0.29) is 5.57 Å². The number of para-hydroxylation sites is 2. The number of rotatable bonds is 9. The molecule has 1 N–H and O–H groups in total. The van der Waals surface area contributed by atoms with Crippen molar-refractivity contribution in [3.05, 3.63) is 70.9 Å². The highest BCUT2D eigenvalue weighted by Gasteiger charge is 2.12. The molecule has 0 fully saturated rings. The van der Waals surface area contributed by atoms with Crippen molar-refractivity contribution in [2.45, 2.75) is 6.54 Å². The van der Waals surface area contributed by atoms with Gasteiger partial charge in [-0.05, 0) is 24.3 Å². The second kappa shape index (κ2) is 10.5. The molecule has 1 aromatic heterocycles. The van der Waals surface area contributed by atoms with Crippen LogP contribution in [0.5, 0.6) is 5.75 Å². The van der Waals surface area contributed by atoms with E-state index in [1.807, 2.05) is 59.3 Å². The average molecular weight is 424 g/mol. The molecule has 2 aromatic carbocycles. The van der Waals surface area contributed by atoms with Gasteiger partial charge >= 0.3 is 0 Å². The van der Waals surface area contributed by atoms with E-state index in [4.69, 9.17) is 21.1 Å². The summed E-state index contributed by atoms with van der Waals surface area (Å²) < 4.78 is 12.8. The van der Waals surface area contributed by atoms with E-state index in [0.717, 1.165) is 16.5 Å². The van der Waals surface area contributed by atoms with Crippen molar-refractivity contribution in [3.63, 3.8) is 0 Å². The Kier molecular flexibility index (Phi) is 7.50. The Bertz CT molecular complexity index is 1100. The third-order valence-corrected chi connectivity index (χ3v) is 4.81. The fourth-order valence-corrected chi connectivity index (χ4v) is 3.25. The van der Waals surface area contributed by atoms with Crippen LogP contribution in [0.25, 0.3) is 17.0 Å². The SMILES string of the molecule is COCCNC(=O)/C(C#N)=C/c1cn(CCOc2ccccc2Cl)c2ccccc12. The van der Waals surface area contributed by atoms with Crippen LogP contribution in [0.4, 0.5) is 0 Å². The topological polar surface area (TPSA) is 76.3 Å². The normalized spacial score (nSPS) is 11.3.